The van der Waals surface area contributed by atoms with Crippen LogP contribution < -0.4 is 0 Å². The standard InChI is InChI=1S/C32H38N6O3/c1-2-28(11-7-13-30(40)41)38-32(33-34-35-38)26-16-14-25(15-17-26)31(27-10-6-12-29(39)22-27)37-20-18-36(19-21-37)23-24-8-4-3-5-9-24/h3-6,8-10,12,14-17,22,28,31,39H,2,7,11,13,18-21,23H2,1H3,(H,40,41)/t28?,31-/m1/s1. The summed E-state index contributed by atoms with van der Waals surface area (Å²) in [7, 11) is 0. The number of phenols is 1. The number of hydrogen-bond acceptors (Lipinski definition) is 7. The summed E-state index contributed by atoms with van der Waals surface area (Å²) in [5, 5.41) is 31.8. The number of carboxylic acids is 1. The highest BCUT2D eigenvalue weighted by atomic mass is 16.4. The van der Waals surface area contributed by atoms with E-state index < -0.39 is 5.97 Å². The van der Waals surface area contributed by atoms with Crippen molar-refractivity contribution in [1.82, 2.24) is 30.0 Å². The molecule has 1 saturated heterocycles. The van der Waals surface area contributed by atoms with Gasteiger partial charge in [-0.25, -0.2) is 4.68 Å². The fourth-order valence-electron chi connectivity index (χ4n) is 5.76. The zero-order chi connectivity index (χ0) is 28.6. The molecule has 9 nitrogen and oxygen atoms in total. The van der Waals surface area contributed by atoms with E-state index >= 15 is 0 Å². The van der Waals surface area contributed by atoms with E-state index in [0.29, 0.717) is 18.7 Å². The fourth-order valence-corrected chi connectivity index (χ4v) is 5.76. The number of phenolic OH excluding ortho intramolecular Hbond substituents is 1. The largest absolute Gasteiger partial charge is 0.508 e. The molecule has 0 amide bonds. The van der Waals surface area contributed by atoms with Gasteiger partial charge in [0.05, 0.1) is 12.1 Å². The zero-order valence-corrected chi connectivity index (χ0v) is 23.5. The van der Waals surface area contributed by atoms with E-state index in [0.717, 1.165) is 55.8 Å². The van der Waals surface area contributed by atoms with Gasteiger partial charge in [-0.2, -0.15) is 0 Å². The number of tetrazole rings is 1. The Kier molecular flexibility index (Phi) is 9.38. The Bertz CT molecular complexity index is 1400. The van der Waals surface area contributed by atoms with Gasteiger partial charge in [0.2, 0.25) is 0 Å². The van der Waals surface area contributed by atoms with Crippen molar-refractivity contribution in [2.24, 2.45) is 0 Å². The first-order valence-corrected chi connectivity index (χ1v) is 14.4. The summed E-state index contributed by atoms with van der Waals surface area (Å²) in [4.78, 5) is 16.0. The molecule has 41 heavy (non-hydrogen) atoms. The maximum atomic E-state index is 11.0. The third kappa shape index (κ3) is 7.17. The van der Waals surface area contributed by atoms with E-state index in [1.807, 2.05) is 16.8 Å². The molecule has 0 bridgehead atoms. The molecule has 1 aliphatic heterocycles. The zero-order valence-electron chi connectivity index (χ0n) is 23.5. The molecule has 3 aromatic carbocycles. The second-order valence-corrected chi connectivity index (χ2v) is 10.7. The lowest BCUT2D eigenvalue weighted by Crippen LogP contribution is -2.47. The summed E-state index contributed by atoms with van der Waals surface area (Å²) in [6.45, 7) is 6.79. The highest BCUT2D eigenvalue weighted by Gasteiger charge is 2.27. The van der Waals surface area contributed by atoms with E-state index in [-0.39, 0.29) is 24.3 Å². The van der Waals surface area contributed by atoms with E-state index in [4.69, 9.17) is 5.11 Å². The Balaban J connectivity index is 1.34. The van der Waals surface area contributed by atoms with Gasteiger partial charge in [-0.05, 0) is 58.5 Å². The van der Waals surface area contributed by atoms with E-state index in [2.05, 4.69) is 92.9 Å². The lowest BCUT2D eigenvalue weighted by molar-refractivity contribution is -0.137. The number of aliphatic carboxylic acids is 1. The van der Waals surface area contributed by atoms with Crippen molar-refractivity contribution >= 4 is 5.97 Å². The van der Waals surface area contributed by atoms with Gasteiger partial charge in [0.1, 0.15) is 5.75 Å². The molecule has 2 atom stereocenters. The van der Waals surface area contributed by atoms with Crippen LogP contribution in [0.1, 0.15) is 61.4 Å². The summed E-state index contributed by atoms with van der Waals surface area (Å²) in [5.41, 5.74) is 4.44. The molecule has 214 valence electrons. The summed E-state index contributed by atoms with van der Waals surface area (Å²) < 4.78 is 1.83. The molecule has 0 aliphatic carbocycles. The van der Waals surface area contributed by atoms with Crippen molar-refractivity contribution in [3.8, 4) is 17.1 Å². The number of benzene rings is 3. The van der Waals surface area contributed by atoms with Crippen LogP contribution >= 0.6 is 0 Å². The first-order chi connectivity index (χ1) is 20.0. The minimum absolute atomic E-state index is 0.00503. The Hall–Kier alpha value is -4.08. The van der Waals surface area contributed by atoms with Gasteiger partial charge in [0.25, 0.3) is 0 Å². The second-order valence-electron chi connectivity index (χ2n) is 10.7. The summed E-state index contributed by atoms with van der Waals surface area (Å²) >= 11 is 0. The van der Waals surface area contributed by atoms with Gasteiger partial charge < -0.3 is 10.2 Å². The highest BCUT2D eigenvalue weighted by Crippen LogP contribution is 2.33. The number of carbonyl (C=O) groups is 1. The van der Waals surface area contributed by atoms with Crippen molar-refractivity contribution in [3.05, 3.63) is 95.6 Å². The fraction of sp³-hybridized carbons (Fsp3) is 0.375. The average Bonchev–Trinajstić information content (AvgIpc) is 3.47. The number of nitrogens with zero attached hydrogens (tertiary/aromatic N) is 6. The summed E-state index contributed by atoms with van der Waals surface area (Å²) in [6.07, 6.45) is 2.23. The normalized spacial score (nSPS) is 15.9. The molecule has 0 spiro atoms. The van der Waals surface area contributed by atoms with E-state index in [1.54, 1.807) is 6.07 Å². The number of hydrogen-bond donors (Lipinski definition) is 2. The molecule has 1 unspecified atom stereocenters. The maximum Gasteiger partial charge on any atom is 0.303 e. The third-order valence-electron chi connectivity index (χ3n) is 7.93. The van der Waals surface area contributed by atoms with Crippen molar-refractivity contribution < 1.29 is 15.0 Å². The molecule has 1 aromatic heterocycles. The SMILES string of the molecule is CCC(CCCC(=O)O)n1nnnc1-c1ccc([C@H](c2cccc(O)c2)N2CCN(Cc3ccccc3)CC2)cc1. The van der Waals surface area contributed by atoms with Crippen LogP contribution in [-0.2, 0) is 11.3 Å². The molecule has 0 saturated carbocycles. The van der Waals surface area contributed by atoms with Gasteiger partial charge in [-0.15, -0.1) is 5.10 Å². The Morgan fingerprint density at radius 1 is 0.927 bits per heavy atom. The van der Waals surface area contributed by atoms with Crippen LogP contribution in [0, 0.1) is 0 Å². The predicted molar refractivity (Wildman–Crippen MR) is 157 cm³/mol. The second kappa shape index (κ2) is 13.5. The molecule has 5 rings (SSSR count). The maximum absolute atomic E-state index is 11.0. The average molecular weight is 555 g/mol. The lowest BCUT2D eigenvalue weighted by atomic mass is 9.95. The first kappa shape index (κ1) is 28.4. The smallest absolute Gasteiger partial charge is 0.303 e. The van der Waals surface area contributed by atoms with E-state index in [1.165, 1.54) is 5.56 Å². The lowest BCUT2D eigenvalue weighted by Gasteiger charge is -2.40. The summed E-state index contributed by atoms with van der Waals surface area (Å²) in [5.74, 6) is 0.160. The minimum atomic E-state index is -0.786. The molecule has 4 aromatic rings. The van der Waals surface area contributed by atoms with E-state index in [9.17, 15) is 9.90 Å². The van der Waals surface area contributed by atoms with Crippen molar-refractivity contribution in [1.29, 1.82) is 0 Å². The highest BCUT2D eigenvalue weighted by molar-refractivity contribution is 5.66. The van der Waals surface area contributed by atoms with Crippen LogP contribution in [0.4, 0.5) is 0 Å². The third-order valence-corrected chi connectivity index (χ3v) is 7.93. The van der Waals surface area contributed by atoms with Crippen LogP contribution in [0.25, 0.3) is 11.4 Å². The molecule has 2 N–H and O–H groups in total. The number of piperazine rings is 1. The molecular formula is C32H38N6O3. The molecular weight excluding hydrogens is 516 g/mol. The molecule has 0 radical (unpaired) electrons. The van der Waals surface area contributed by atoms with Gasteiger partial charge in [0, 0.05) is 44.7 Å². The van der Waals surface area contributed by atoms with Crippen LogP contribution in [0.15, 0.2) is 78.9 Å². The van der Waals surface area contributed by atoms with Crippen LogP contribution in [0.2, 0.25) is 0 Å². The Morgan fingerprint density at radius 2 is 1.68 bits per heavy atom. The number of carboxylic acid groups (broad SMARTS) is 1. The van der Waals surface area contributed by atoms with Crippen LogP contribution in [-0.4, -0.2) is 72.4 Å². The molecule has 1 aliphatic rings. The van der Waals surface area contributed by atoms with Crippen molar-refractivity contribution in [2.75, 3.05) is 26.2 Å². The Morgan fingerprint density at radius 3 is 2.37 bits per heavy atom. The van der Waals surface area contributed by atoms with Gasteiger partial charge >= 0.3 is 5.97 Å². The van der Waals surface area contributed by atoms with Gasteiger partial charge in [0.15, 0.2) is 5.82 Å². The monoisotopic (exact) mass is 554 g/mol. The molecule has 9 heteroatoms. The minimum Gasteiger partial charge on any atom is -0.508 e. The quantitative estimate of drug-likeness (QED) is 0.247. The number of aromatic nitrogens is 4. The van der Waals surface area contributed by atoms with Crippen LogP contribution in [0.3, 0.4) is 0 Å². The number of aromatic hydroxyl groups is 1. The molecule has 1 fully saturated rings. The Labute approximate surface area is 241 Å². The topological polar surface area (TPSA) is 108 Å². The van der Waals surface area contributed by atoms with Crippen molar-refractivity contribution in [3.63, 3.8) is 0 Å². The molecule has 2 heterocycles. The number of rotatable bonds is 12. The van der Waals surface area contributed by atoms with Gasteiger partial charge in [-0.3, -0.25) is 14.6 Å². The van der Waals surface area contributed by atoms with Crippen LogP contribution in [0.5, 0.6) is 5.75 Å². The first-order valence-electron chi connectivity index (χ1n) is 14.4. The van der Waals surface area contributed by atoms with Gasteiger partial charge in [-0.1, -0.05) is 73.7 Å². The summed E-state index contributed by atoms with van der Waals surface area (Å²) in [6, 6.07) is 26.6. The predicted octanol–water partition coefficient (Wildman–Crippen LogP) is 5.16. The van der Waals surface area contributed by atoms with Crippen molar-refractivity contribution in [2.45, 2.75) is 51.2 Å².